The van der Waals surface area contributed by atoms with Gasteiger partial charge in [-0.2, -0.15) is 0 Å². The number of amides is 1. The lowest BCUT2D eigenvalue weighted by Crippen LogP contribution is -2.24. The van der Waals surface area contributed by atoms with Crippen LogP contribution in [0.2, 0.25) is 0 Å². The Morgan fingerprint density at radius 2 is 1.90 bits per heavy atom. The summed E-state index contributed by atoms with van der Waals surface area (Å²) in [5, 5.41) is 11.4. The summed E-state index contributed by atoms with van der Waals surface area (Å²) in [5.74, 6) is -0.969. The van der Waals surface area contributed by atoms with Crippen molar-refractivity contribution in [2.75, 3.05) is 0 Å². The summed E-state index contributed by atoms with van der Waals surface area (Å²) >= 11 is 0. The molecule has 0 fully saturated rings. The summed E-state index contributed by atoms with van der Waals surface area (Å²) in [4.78, 5) is 22.5. The molecule has 1 heterocycles. The van der Waals surface area contributed by atoms with Crippen molar-refractivity contribution < 1.29 is 19.1 Å². The third-order valence-electron chi connectivity index (χ3n) is 3.27. The Morgan fingerprint density at radius 1 is 1.14 bits per heavy atom. The number of carbonyl (C=O) groups excluding carboxylic acids is 1. The number of rotatable bonds is 5. The number of aryl methyl sites for hydroxylation is 2. The number of hydrogen-bond acceptors (Lipinski definition) is 3. The molecule has 0 saturated heterocycles. The number of nitrogens with one attached hydrogen (secondary N) is 1. The quantitative estimate of drug-likeness (QED) is 0.885. The zero-order chi connectivity index (χ0) is 15.4. The van der Waals surface area contributed by atoms with Crippen molar-refractivity contribution in [3.63, 3.8) is 0 Å². The van der Waals surface area contributed by atoms with Gasteiger partial charge in [-0.3, -0.25) is 4.79 Å². The SMILES string of the molecule is Cc1ccc(CC(=O)NCc2ccc(C(=O)O)o2)cc1C. The molecule has 110 valence electrons. The van der Waals surface area contributed by atoms with Crippen molar-refractivity contribution in [3.8, 4) is 0 Å². The molecular formula is C16H17NO4. The van der Waals surface area contributed by atoms with Crippen LogP contribution in [0.3, 0.4) is 0 Å². The van der Waals surface area contributed by atoms with E-state index < -0.39 is 5.97 Å². The Hall–Kier alpha value is -2.56. The third kappa shape index (κ3) is 3.95. The molecule has 2 rings (SSSR count). The summed E-state index contributed by atoms with van der Waals surface area (Å²) in [7, 11) is 0. The molecule has 2 N–H and O–H groups in total. The second-order valence-electron chi connectivity index (χ2n) is 4.94. The van der Waals surface area contributed by atoms with E-state index in [1.165, 1.54) is 11.6 Å². The van der Waals surface area contributed by atoms with E-state index in [2.05, 4.69) is 5.32 Å². The van der Waals surface area contributed by atoms with E-state index in [4.69, 9.17) is 9.52 Å². The maximum absolute atomic E-state index is 11.9. The standard InChI is InChI=1S/C16H17NO4/c1-10-3-4-12(7-11(10)2)8-15(18)17-9-13-5-6-14(21-13)16(19)20/h3-7H,8-9H2,1-2H3,(H,17,18)(H,19,20). The lowest BCUT2D eigenvalue weighted by Gasteiger charge is -2.06. The largest absolute Gasteiger partial charge is 0.475 e. The lowest BCUT2D eigenvalue weighted by molar-refractivity contribution is -0.120. The summed E-state index contributed by atoms with van der Waals surface area (Å²) in [6.07, 6.45) is 0.285. The minimum absolute atomic E-state index is 0.131. The highest BCUT2D eigenvalue weighted by molar-refractivity contribution is 5.84. The molecule has 2 aromatic rings. The average Bonchev–Trinajstić information content (AvgIpc) is 2.90. The van der Waals surface area contributed by atoms with Gasteiger partial charge >= 0.3 is 5.97 Å². The van der Waals surface area contributed by atoms with Crippen LogP contribution in [0, 0.1) is 13.8 Å². The fraction of sp³-hybridized carbons (Fsp3) is 0.250. The number of carbonyl (C=O) groups is 2. The van der Waals surface area contributed by atoms with Gasteiger partial charge in [-0.25, -0.2) is 4.79 Å². The van der Waals surface area contributed by atoms with Crippen LogP contribution in [-0.4, -0.2) is 17.0 Å². The molecule has 5 heteroatoms. The van der Waals surface area contributed by atoms with Crippen LogP contribution in [0.25, 0.3) is 0 Å². The van der Waals surface area contributed by atoms with Gasteiger partial charge in [0.05, 0.1) is 13.0 Å². The van der Waals surface area contributed by atoms with Gasteiger partial charge in [-0.15, -0.1) is 0 Å². The fourth-order valence-electron chi connectivity index (χ4n) is 1.93. The van der Waals surface area contributed by atoms with E-state index in [0.29, 0.717) is 5.76 Å². The molecule has 1 aromatic heterocycles. The van der Waals surface area contributed by atoms with E-state index in [-0.39, 0.29) is 24.6 Å². The van der Waals surface area contributed by atoms with Gasteiger partial charge in [-0.1, -0.05) is 18.2 Å². The number of carboxylic acid groups (broad SMARTS) is 1. The highest BCUT2D eigenvalue weighted by Gasteiger charge is 2.10. The van der Waals surface area contributed by atoms with Gasteiger partial charge < -0.3 is 14.8 Å². The Bertz CT molecular complexity index is 673. The monoisotopic (exact) mass is 287 g/mol. The van der Waals surface area contributed by atoms with Gasteiger partial charge in [0.1, 0.15) is 5.76 Å². The van der Waals surface area contributed by atoms with Crippen molar-refractivity contribution >= 4 is 11.9 Å². The second kappa shape index (κ2) is 6.26. The molecule has 0 saturated carbocycles. The molecule has 0 aliphatic rings. The highest BCUT2D eigenvalue weighted by Crippen LogP contribution is 2.11. The van der Waals surface area contributed by atoms with Gasteiger partial charge in [0.15, 0.2) is 0 Å². The normalized spacial score (nSPS) is 10.4. The van der Waals surface area contributed by atoms with E-state index in [0.717, 1.165) is 11.1 Å². The Morgan fingerprint density at radius 3 is 2.52 bits per heavy atom. The number of aromatic carboxylic acids is 1. The van der Waals surface area contributed by atoms with Crippen LogP contribution in [-0.2, 0) is 17.8 Å². The van der Waals surface area contributed by atoms with E-state index in [1.54, 1.807) is 6.07 Å². The molecule has 21 heavy (non-hydrogen) atoms. The van der Waals surface area contributed by atoms with Crippen molar-refractivity contribution in [3.05, 3.63) is 58.5 Å². The average molecular weight is 287 g/mol. The first-order valence-electron chi connectivity index (χ1n) is 6.60. The molecule has 0 aliphatic heterocycles. The molecule has 0 spiro atoms. The molecule has 0 unspecified atom stereocenters. The molecular weight excluding hydrogens is 270 g/mol. The highest BCUT2D eigenvalue weighted by atomic mass is 16.4. The molecule has 0 atom stereocenters. The first-order valence-corrected chi connectivity index (χ1v) is 6.60. The molecule has 1 aromatic carbocycles. The minimum atomic E-state index is -1.12. The van der Waals surface area contributed by atoms with Crippen molar-refractivity contribution in [2.24, 2.45) is 0 Å². The van der Waals surface area contributed by atoms with Crippen LogP contribution in [0.15, 0.2) is 34.7 Å². The molecule has 0 bridgehead atoms. The summed E-state index contributed by atoms with van der Waals surface area (Å²) in [5.41, 5.74) is 3.29. The first kappa shape index (κ1) is 14.8. The molecule has 1 amide bonds. The predicted molar refractivity (Wildman–Crippen MR) is 77.1 cm³/mol. The van der Waals surface area contributed by atoms with Gasteiger partial charge in [0, 0.05) is 0 Å². The molecule has 0 aliphatic carbocycles. The summed E-state index contributed by atoms with van der Waals surface area (Å²) in [6, 6.07) is 8.82. The lowest BCUT2D eigenvalue weighted by atomic mass is 10.0. The number of hydrogen-bond donors (Lipinski definition) is 2. The van der Waals surface area contributed by atoms with Crippen LogP contribution in [0.5, 0.6) is 0 Å². The zero-order valence-electron chi connectivity index (χ0n) is 12.0. The molecule has 0 radical (unpaired) electrons. The van der Waals surface area contributed by atoms with E-state index >= 15 is 0 Å². The second-order valence-corrected chi connectivity index (χ2v) is 4.94. The number of furan rings is 1. The molecule has 5 nitrogen and oxygen atoms in total. The van der Waals surface area contributed by atoms with Gasteiger partial charge in [0.25, 0.3) is 0 Å². The van der Waals surface area contributed by atoms with Crippen molar-refractivity contribution in [2.45, 2.75) is 26.8 Å². The van der Waals surface area contributed by atoms with E-state index in [9.17, 15) is 9.59 Å². The third-order valence-corrected chi connectivity index (χ3v) is 3.27. The summed E-state index contributed by atoms with van der Waals surface area (Å²) < 4.78 is 5.07. The number of benzene rings is 1. The zero-order valence-corrected chi connectivity index (χ0v) is 12.0. The maximum atomic E-state index is 11.9. The topological polar surface area (TPSA) is 79.5 Å². The van der Waals surface area contributed by atoms with Crippen molar-refractivity contribution in [1.29, 1.82) is 0 Å². The minimum Gasteiger partial charge on any atom is -0.475 e. The Labute approximate surface area is 122 Å². The van der Waals surface area contributed by atoms with Crippen LogP contribution in [0.1, 0.15) is 33.0 Å². The van der Waals surface area contributed by atoms with Crippen LogP contribution >= 0.6 is 0 Å². The van der Waals surface area contributed by atoms with E-state index in [1.807, 2.05) is 32.0 Å². The fourth-order valence-corrected chi connectivity index (χ4v) is 1.93. The first-order chi connectivity index (χ1) is 9.95. The van der Waals surface area contributed by atoms with Crippen molar-refractivity contribution in [1.82, 2.24) is 5.32 Å². The number of carboxylic acids is 1. The Kier molecular flexibility index (Phi) is 4.42. The van der Waals surface area contributed by atoms with Gasteiger partial charge in [0.2, 0.25) is 11.7 Å². The summed E-state index contributed by atoms with van der Waals surface area (Å²) in [6.45, 7) is 4.21. The van der Waals surface area contributed by atoms with Gasteiger partial charge in [-0.05, 0) is 42.7 Å². The Balaban J connectivity index is 1.89. The van der Waals surface area contributed by atoms with Crippen LogP contribution in [0.4, 0.5) is 0 Å². The van der Waals surface area contributed by atoms with Crippen LogP contribution < -0.4 is 5.32 Å². The smallest absolute Gasteiger partial charge is 0.371 e. The maximum Gasteiger partial charge on any atom is 0.371 e. The predicted octanol–water partition coefficient (Wildman–Crippen LogP) is 2.45.